The summed E-state index contributed by atoms with van der Waals surface area (Å²) < 4.78 is 44.7. The molecule has 0 aliphatic carbocycles. The molecule has 4 saturated heterocycles. The highest BCUT2D eigenvalue weighted by Crippen LogP contribution is 2.49. The first-order valence-corrected chi connectivity index (χ1v) is 16.7. The molecule has 246 valence electrons. The third-order valence-corrected chi connectivity index (χ3v) is 10.4. The molecule has 1 unspecified atom stereocenters. The molecule has 9 heteroatoms. The molecule has 48 heavy (non-hydrogen) atoms. The van der Waals surface area contributed by atoms with E-state index in [0.29, 0.717) is 0 Å². The van der Waals surface area contributed by atoms with E-state index in [1.807, 2.05) is 72.8 Å². The Morgan fingerprint density at radius 1 is 0.812 bits per heavy atom. The van der Waals surface area contributed by atoms with Crippen molar-refractivity contribution in [3.63, 3.8) is 0 Å². The number of nitrogens with zero attached hydrogens (tertiary/aromatic N) is 1. The van der Waals surface area contributed by atoms with E-state index in [9.17, 15) is 0 Å². The highest BCUT2D eigenvalue weighted by Gasteiger charge is 2.63. The smallest absolute Gasteiger partial charge is 0.220 e. The van der Waals surface area contributed by atoms with Gasteiger partial charge in [0.25, 0.3) is 0 Å². The van der Waals surface area contributed by atoms with Crippen LogP contribution in [0.25, 0.3) is 0 Å². The monoisotopic (exact) mass is 645 g/mol. The van der Waals surface area contributed by atoms with Crippen molar-refractivity contribution in [2.45, 2.75) is 60.8 Å². The van der Waals surface area contributed by atoms with Gasteiger partial charge in [-0.05, 0) is 59.4 Å². The fourth-order valence-corrected chi connectivity index (χ4v) is 7.95. The van der Waals surface area contributed by atoms with Crippen LogP contribution in [-0.4, -0.2) is 83.0 Å². The Kier molecular flexibility index (Phi) is 8.53. The van der Waals surface area contributed by atoms with Gasteiger partial charge < -0.3 is 33.2 Å². The van der Waals surface area contributed by atoms with E-state index in [2.05, 4.69) is 41.3 Å². The standard InChI is InChI=1S/C39H40BNO7/c1-42-30-19-15-28(16-20-30)39(27-12-7-4-8-13-27,29-17-21-31(43-2)22-18-29)45-25-38-24-44-34(36(40)48-38)35(38)47-37-41-23-9-14-32(41)33(46-37)26-10-5-3-6-11-26/h3-8,10-13,15-22,32-37H,9,14,23-25H2,1-2H3/t32-,33+,34-,35?,36+,37+,38-/m0/s1. The first-order valence-electron chi connectivity index (χ1n) is 16.7. The fourth-order valence-electron chi connectivity index (χ4n) is 7.95. The van der Waals surface area contributed by atoms with Crippen LogP contribution in [0, 0.1) is 0 Å². The summed E-state index contributed by atoms with van der Waals surface area (Å²) in [6.45, 7) is 1.33. The van der Waals surface area contributed by atoms with Crippen LogP contribution in [0.15, 0.2) is 109 Å². The maximum Gasteiger partial charge on any atom is 0.220 e. The lowest BCUT2D eigenvalue weighted by Crippen LogP contribution is -2.51. The summed E-state index contributed by atoms with van der Waals surface area (Å²) in [7, 11) is 9.89. The summed E-state index contributed by atoms with van der Waals surface area (Å²) in [4.78, 5) is 2.33. The Labute approximate surface area is 283 Å². The number of hydrogen-bond acceptors (Lipinski definition) is 8. The molecule has 0 saturated carbocycles. The quantitative estimate of drug-likeness (QED) is 0.155. The van der Waals surface area contributed by atoms with Crippen LogP contribution in [0.2, 0.25) is 0 Å². The van der Waals surface area contributed by atoms with Gasteiger partial charge in [0.15, 0.2) is 0 Å². The van der Waals surface area contributed by atoms with Crippen molar-refractivity contribution >= 4 is 7.85 Å². The molecule has 2 bridgehead atoms. The lowest BCUT2D eigenvalue weighted by Gasteiger charge is -2.40. The Hall–Kier alpha value is -3.70. The van der Waals surface area contributed by atoms with Crippen molar-refractivity contribution in [3.8, 4) is 11.5 Å². The molecule has 4 fully saturated rings. The first-order chi connectivity index (χ1) is 23.5. The average Bonchev–Trinajstić information content (AvgIpc) is 3.90. The van der Waals surface area contributed by atoms with Gasteiger partial charge in [-0.25, -0.2) is 4.90 Å². The maximum absolute atomic E-state index is 7.28. The van der Waals surface area contributed by atoms with E-state index >= 15 is 0 Å². The molecule has 0 aromatic heterocycles. The highest BCUT2D eigenvalue weighted by molar-refractivity contribution is 6.11. The summed E-state index contributed by atoms with van der Waals surface area (Å²) in [6.07, 6.45) is 0.562. The normalized spacial score (nSPS) is 29.6. The molecule has 0 spiro atoms. The minimum Gasteiger partial charge on any atom is -0.497 e. The summed E-state index contributed by atoms with van der Waals surface area (Å²) in [5.74, 6) is 1.51. The molecular weight excluding hydrogens is 605 g/mol. The molecule has 4 aliphatic heterocycles. The van der Waals surface area contributed by atoms with Crippen molar-refractivity contribution in [1.29, 1.82) is 0 Å². The molecule has 4 aromatic rings. The van der Waals surface area contributed by atoms with Crippen molar-refractivity contribution in [2.75, 3.05) is 34.0 Å². The van der Waals surface area contributed by atoms with Gasteiger partial charge in [0.05, 0.1) is 27.4 Å². The number of methoxy groups -OCH3 is 2. The van der Waals surface area contributed by atoms with Gasteiger partial charge >= 0.3 is 0 Å². The predicted molar refractivity (Wildman–Crippen MR) is 180 cm³/mol. The minimum absolute atomic E-state index is 0.0728. The number of rotatable bonds is 11. The van der Waals surface area contributed by atoms with Gasteiger partial charge in [-0.1, -0.05) is 84.9 Å². The Morgan fingerprint density at radius 3 is 2.02 bits per heavy atom. The molecular formula is C39H40BNO7. The molecule has 0 amide bonds. The van der Waals surface area contributed by atoms with Crippen LogP contribution in [0.5, 0.6) is 11.5 Å². The Morgan fingerprint density at radius 2 is 1.42 bits per heavy atom. The second-order valence-corrected chi connectivity index (χ2v) is 13.0. The minimum atomic E-state index is -1.03. The van der Waals surface area contributed by atoms with Gasteiger partial charge in [0, 0.05) is 18.6 Å². The van der Waals surface area contributed by atoms with Crippen LogP contribution in [0.3, 0.4) is 0 Å². The zero-order valence-corrected chi connectivity index (χ0v) is 27.3. The van der Waals surface area contributed by atoms with E-state index in [4.69, 9.17) is 41.0 Å². The van der Waals surface area contributed by atoms with Crippen LogP contribution in [0.1, 0.15) is 41.2 Å². The van der Waals surface area contributed by atoms with Crippen molar-refractivity contribution in [1.82, 2.24) is 4.90 Å². The van der Waals surface area contributed by atoms with Crippen molar-refractivity contribution < 1.29 is 33.2 Å². The number of hydrogen-bond donors (Lipinski definition) is 0. The number of fused-ring (bicyclic) bond motifs is 3. The van der Waals surface area contributed by atoms with Gasteiger partial charge in [-0.15, -0.1) is 0 Å². The van der Waals surface area contributed by atoms with Crippen molar-refractivity contribution in [3.05, 3.63) is 131 Å². The SMILES string of the molecule is [B][C@@H]1O[C@]2(COC(c3ccccc3)(c3ccc(OC)cc3)c3ccc(OC)cc3)CO[C@H]1C2O[C@H]1O[C@H](c2ccccc2)[C@@H]2CCCN12. The second kappa shape index (κ2) is 13.0. The van der Waals surface area contributed by atoms with Crippen molar-refractivity contribution in [2.24, 2.45) is 0 Å². The zero-order valence-electron chi connectivity index (χ0n) is 27.3. The van der Waals surface area contributed by atoms with Gasteiger partial charge in [-0.3, -0.25) is 0 Å². The Balaban J connectivity index is 1.15. The van der Waals surface area contributed by atoms with E-state index in [0.717, 1.165) is 53.1 Å². The molecule has 8 nitrogen and oxygen atoms in total. The lowest BCUT2D eigenvalue weighted by atomic mass is 9.79. The number of ether oxygens (including phenoxy) is 7. The largest absolute Gasteiger partial charge is 0.497 e. The van der Waals surface area contributed by atoms with Crippen LogP contribution in [0.4, 0.5) is 0 Å². The van der Waals surface area contributed by atoms with Crippen LogP contribution >= 0.6 is 0 Å². The Bertz CT molecular complexity index is 1630. The summed E-state index contributed by atoms with van der Waals surface area (Å²) >= 11 is 0. The van der Waals surface area contributed by atoms with E-state index in [-0.39, 0.29) is 25.4 Å². The summed E-state index contributed by atoms with van der Waals surface area (Å²) in [5.41, 5.74) is 1.97. The topological polar surface area (TPSA) is 67.9 Å². The van der Waals surface area contributed by atoms with Crippen LogP contribution < -0.4 is 9.47 Å². The molecule has 2 radical (unpaired) electrons. The van der Waals surface area contributed by atoms with Gasteiger partial charge in [-0.2, -0.15) is 0 Å². The lowest BCUT2D eigenvalue weighted by molar-refractivity contribution is -0.238. The molecule has 4 aliphatic rings. The first kappa shape index (κ1) is 31.6. The molecule has 8 rings (SSSR count). The summed E-state index contributed by atoms with van der Waals surface area (Å²) in [6, 6.07) is 36.2. The maximum atomic E-state index is 7.28. The molecule has 4 aromatic carbocycles. The highest BCUT2D eigenvalue weighted by atomic mass is 16.7. The second-order valence-electron chi connectivity index (χ2n) is 13.0. The van der Waals surface area contributed by atoms with Gasteiger partial charge in [0.2, 0.25) is 6.41 Å². The molecule has 4 heterocycles. The third kappa shape index (κ3) is 5.34. The molecule has 0 N–H and O–H groups in total. The fraction of sp³-hybridized carbons (Fsp3) is 0.385. The average molecular weight is 646 g/mol. The van der Waals surface area contributed by atoms with E-state index < -0.39 is 35.8 Å². The van der Waals surface area contributed by atoms with E-state index in [1.165, 1.54) is 0 Å². The van der Waals surface area contributed by atoms with Crippen LogP contribution in [-0.2, 0) is 29.3 Å². The van der Waals surface area contributed by atoms with Gasteiger partial charge in [0.1, 0.15) is 48.9 Å². The third-order valence-electron chi connectivity index (χ3n) is 10.4. The number of benzene rings is 4. The molecule has 7 atom stereocenters. The van der Waals surface area contributed by atoms with E-state index in [1.54, 1.807) is 14.2 Å². The summed E-state index contributed by atoms with van der Waals surface area (Å²) in [5, 5.41) is 0. The predicted octanol–water partition coefficient (Wildman–Crippen LogP) is 5.58. The zero-order chi connectivity index (χ0) is 32.7.